The lowest BCUT2D eigenvalue weighted by Crippen LogP contribution is -2.23. The second-order valence-corrected chi connectivity index (χ2v) is 7.74. The molecule has 0 unspecified atom stereocenters. The largest absolute Gasteiger partial charge is 0.462 e. The molecule has 3 aromatic rings. The number of nitrogens with zero attached hydrogens (tertiary/aromatic N) is 2. The van der Waals surface area contributed by atoms with E-state index in [9.17, 15) is 14.4 Å². The topological polar surface area (TPSA) is 106 Å². The maximum Gasteiger partial charge on any atom is 0.350 e. The Morgan fingerprint density at radius 3 is 2.89 bits per heavy atom. The van der Waals surface area contributed by atoms with Gasteiger partial charge in [0.2, 0.25) is 5.91 Å². The predicted octanol–water partition coefficient (Wildman–Crippen LogP) is 3.02. The van der Waals surface area contributed by atoms with Crippen molar-refractivity contribution in [3.8, 4) is 0 Å². The molecule has 0 saturated heterocycles. The molecule has 0 atom stereocenters. The van der Waals surface area contributed by atoms with Crippen molar-refractivity contribution < 1.29 is 14.3 Å². The summed E-state index contributed by atoms with van der Waals surface area (Å²) in [6.45, 7) is 6.15. The number of carbonyl (C=O) groups is 2. The smallest absolute Gasteiger partial charge is 0.350 e. The van der Waals surface area contributed by atoms with Crippen molar-refractivity contribution in [2.75, 3.05) is 17.7 Å². The number of carbonyl (C=O) groups excluding carboxylic acids is 2. The summed E-state index contributed by atoms with van der Waals surface area (Å²) < 4.78 is 6.52. The molecular weight excluding hydrogens is 400 g/mol. The van der Waals surface area contributed by atoms with Gasteiger partial charge in [0.15, 0.2) is 5.16 Å². The molecule has 2 N–H and O–H groups in total. The standard InChI is InChI=1S/C18H20N4O4S2/c1-4-22-16(24)14-12(8-10(3)19-14)21-18(22)28-9-13(23)20-11-6-7-27-15(11)17(25)26-5-2/h6-8,19H,4-5,9H2,1-3H3,(H,20,23). The third-order valence-corrected chi connectivity index (χ3v) is 5.76. The van der Waals surface area contributed by atoms with E-state index in [0.29, 0.717) is 33.3 Å². The number of aryl methyl sites for hydroxylation is 1. The number of ether oxygens (including phenoxy) is 1. The van der Waals surface area contributed by atoms with Crippen LogP contribution in [0.15, 0.2) is 27.5 Å². The Labute approximate surface area is 169 Å². The summed E-state index contributed by atoms with van der Waals surface area (Å²) in [5.74, 6) is -0.703. The highest BCUT2D eigenvalue weighted by molar-refractivity contribution is 7.99. The zero-order chi connectivity index (χ0) is 20.3. The van der Waals surface area contributed by atoms with Gasteiger partial charge in [-0.3, -0.25) is 14.2 Å². The normalized spacial score (nSPS) is 11.0. The molecule has 0 aliphatic carbocycles. The maximum atomic E-state index is 12.6. The van der Waals surface area contributed by atoms with Gasteiger partial charge in [0, 0.05) is 12.2 Å². The SMILES string of the molecule is CCOC(=O)c1sccc1NC(=O)CSc1nc2cc(C)[nH]c2c(=O)n1CC. The van der Waals surface area contributed by atoms with Gasteiger partial charge in [0.25, 0.3) is 5.56 Å². The highest BCUT2D eigenvalue weighted by Crippen LogP contribution is 2.24. The van der Waals surface area contributed by atoms with Crippen molar-refractivity contribution in [3.05, 3.63) is 38.4 Å². The van der Waals surface area contributed by atoms with E-state index in [0.717, 1.165) is 5.69 Å². The van der Waals surface area contributed by atoms with Gasteiger partial charge in [0.1, 0.15) is 10.4 Å². The molecule has 0 spiro atoms. The fourth-order valence-corrected chi connectivity index (χ4v) is 4.28. The molecular formula is C18H20N4O4S2. The second-order valence-electron chi connectivity index (χ2n) is 5.88. The molecule has 0 aliphatic rings. The Kier molecular flexibility index (Phi) is 6.20. The molecule has 0 saturated carbocycles. The van der Waals surface area contributed by atoms with Crippen LogP contribution in [-0.2, 0) is 16.1 Å². The number of amides is 1. The monoisotopic (exact) mass is 420 g/mol. The molecule has 148 valence electrons. The molecule has 28 heavy (non-hydrogen) atoms. The zero-order valence-corrected chi connectivity index (χ0v) is 17.3. The number of aromatic amines is 1. The number of anilines is 1. The van der Waals surface area contributed by atoms with Gasteiger partial charge < -0.3 is 15.0 Å². The average Bonchev–Trinajstić information content (AvgIpc) is 3.26. The molecule has 3 heterocycles. The number of aromatic nitrogens is 3. The van der Waals surface area contributed by atoms with Crippen LogP contribution in [0.3, 0.4) is 0 Å². The predicted molar refractivity (Wildman–Crippen MR) is 110 cm³/mol. The van der Waals surface area contributed by atoms with Crippen molar-refractivity contribution >= 4 is 51.7 Å². The van der Waals surface area contributed by atoms with Gasteiger partial charge in [0.05, 0.1) is 23.6 Å². The van der Waals surface area contributed by atoms with E-state index in [1.54, 1.807) is 24.4 Å². The lowest BCUT2D eigenvalue weighted by atomic mass is 10.4. The number of thioether (sulfide) groups is 1. The van der Waals surface area contributed by atoms with Crippen LogP contribution < -0.4 is 10.9 Å². The molecule has 3 aromatic heterocycles. The average molecular weight is 421 g/mol. The first-order valence-electron chi connectivity index (χ1n) is 8.72. The summed E-state index contributed by atoms with van der Waals surface area (Å²) in [4.78, 5) is 44.8. The van der Waals surface area contributed by atoms with E-state index in [2.05, 4.69) is 15.3 Å². The Bertz CT molecular complexity index is 1080. The van der Waals surface area contributed by atoms with E-state index < -0.39 is 5.97 Å². The Balaban J connectivity index is 1.74. The molecule has 8 nitrogen and oxygen atoms in total. The minimum absolute atomic E-state index is 0.0550. The van der Waals surface area contributed by atoms with Crippen LogP contribution in [-0.4, -0.2) is 38.8 Å². The van der Waals surface area contributed by atoms with Crippen molar-refractivity contribution in [1.29, 1.82) is 0 Å². The van der Waals surface area contributed by atoms with Crippen LogP contribution in [0.2, 0.25) is 0 Å². The summed E-state index contributed by atoms with van der Waals surface area (Å²) in [6.07, 6.45) is 0. The molecule has 1 amide bonds. The van der Waals surface area contributed by atoms with Crippen LogP contribution in [0.4, 0.5) is 5.69 Å². The van der Waals surface area contributed by atoms with Crippen LogP contribution in [0.25, 0.3) is 11.0 Å². The number of nitrogens with one attached hydrogen (secondary N) is 2. The first kappa shape index (κ1) is 20.2. The number of rotatable bonds is 7. The van der Waals surface area contributed by atoms with Gasteiger partial charge in [-0.1, -0.05) is 11.8 Å². The van der Waals surface area contributed by atoms with Crippen molar-refractivity contribution in [2.24, 2.45) is 0 Å². The van der Waals surface area contributed by atoms with Gasteiger partial charge in [-0.25, -0.2) is 9.78 Å². The van der Waals surface area contributed by atoms with E-state index in [1.807, 2.05) is 13.8 Å². The first-order valence-corrected chi connectivity index (χ1v) is 10.6. The lowest BCUT2D eigenvalue weighted by Gasteiger charge is -2.10. The van der Waals surface area contributed by atoms with Gasteiger partial charge in [-0.15, -0.1) is 11.3 Å². The Morgan fingerprint density at radius 1 is 1.39 bits per heavy atom. The first-order chi connectivity index (χ1) is 13.4. The third-order valence-electron chi connectivity index (χ3n) is 3.89. The van der Waals surface area contributed by atoms with E-state index in [-0.39, 0.29) is 23.8 Å². The molecule has 0 fully saturated rings. The van der Waals surface area contributed by atoms with Crippen LogP contribution in [0.5, 0.6) is 0 Å². The summed E-state index contributed by atoms with van der Waals surface area (Å²) in [5, 5.41) is 4.91. The van der Waals surface area contributed by atoms with Crippen molar-refractivity contribution in [1.82, 2.24) is 14.5 Å². The summed E-state index contributed by atoms with van der Waals surface area (Å²) in [7, 11) is 0. The highest BCUT2D eigenvalue weighted by atomic mass is 32.2. The number of fused-ring (bicyclic) bond motifs is 1. The summed E-state index contributed by atoms with van der Waals surface area (Å²) >= 11 is 2.39. The molecule has 0 bridgehead atoms. The van der Waals surface area contributed by atoms with Crippen molar-refractivity contribution in [2.45, 2.75) is 32.5 Å². The lowest BCUT2D eigenvalue weighted by molar-refractivity contribution is -0.113. The number of hydrogen-bond donors (Lipinski definition) is 2. The van der Waals surface area contributed by atoms with Crippen LogP contribution >= 0.6 is 23.1 Å². The van der Waals surface area contributed by atoms with Crippen LogP contribution in [0.1, 0.15) is 29.2 Å². The van der Waals surface area contributed by atoms with Crippen LogP contribution in [0, 0.1) is 6.92 Å². The number of hydrogen-bond acceptors (Lipinski definition) is 7. The number of esters is 1. The quantitative estimate of drug-likeness (QED) is 0.346. The molecule has 0 aliphatic heterocycles. The Hall–Kier alpha value is -2.59. The third kappa shape index (κ3) is 4.12. The summed E-state index contributed by atoms with van der Waals surface area (Å²) in [5.41, 5.74) is 2.16. The fraction of sp³-hybridized carbons (Fsp3) is 0.333. The van der Waals surface area contributed by atoms with Crippen molar-refractivity contribution in [3.63, 3.8) is 0 Å². The van der Waals surface area contributed by atoms with E-state index >= 15 is 0 Å². The molecule has 0 aromatic carbocycles. The highest BCUT2D eigenvalue weighted by Gasteiger charge is 2.18. The molecule has 3 rings (SSSR count). The maximum absolute atomic E-state index is 12.6. The fourth-order valence-electron chi connectivity index (χ4n) is 2.68. The van der Waals surface area contributed by atoms with Gasteiger partial charge in [-0.05, 0) is 38.3 Å². The van der Waals surface area contributed by atoms with E-state index in [4.69, 9.17) is 4.74 Å². The zero-order valence-electron chi connectivity index (χ0n) is 15.7. The van der Waals surface area contributed by atoms with Gasteiger partial charge >= 0.3 is 5.97 Å². The second kappa shape index (κ2) is 8.61. The van der Waals surface area contributed by atoms with E-state index in [1.165, 1.54) is 27.7 Å². The minimum Gasteiger partial charge on any atom is -0.462 e. The number of thiophene rings is 1. The number of H-pyrrole nitrogens is 1. The minimum atomic E-state index is -0.463. The van der Waals surface area contributed by atoms with Gasteiger partial charge in [-0.2, -0.15) is 0 Å². The summed E-state index contributed by atoms with van der Waals surface area (Å²) in [6, 6.07) is 3.46. The Morgan fingerprint density at radius 2 is 2.18 bits per heavy atom. The molecule has 10 heteroatoms. The molecule has 0 radical (unpaired) electrons.